The highest BCUT2D eigenvalue weighted by Gasteiger charge is 2.07. The van der Waals surface area contributed by atoms with E-state index in [1.54, 1.807) is 7.11 Å². The molecular weight excluding hydrogens is 352 g/mol. The van der Waals surface area contributed by atoms with E-state index in [2.05, 4.69) is 43.1 Å². The van der Waals surface area contributed by atoms with Gasteiger partial charge in [-0.1, -0.05) is 30.1 Å². The Morgan fingerprint density at radius 2 is 1.75 bits per heavy atom. The van der Waals surface area contributed by atoms with Gasteiger partial charge < -0.3 is 19.2 Å². The van der Waals surface area contributed by atoms with E-state index in [4.69, 9.17) is 14.3 Å². The van der Waals surface area contributed by atoms with Crippen LogP contribution in [0.3, 0.4) is 0 Å². The lowest BCUT2D eigenvalue weighted by molar-refractivity contribution is 0.210. The molecule has 0 bridgehead atoms. The molecule has 1 aromatic rings. The van der Waals surface area contributed by atoms with Gasteiger partial charge >= 0.3 is 0 Å². The number of unbranched alkanes of at least 4 members (excludes halogenated alkanes) is 3. The Morgan fingerprint density at radius 1 is 1.07 bits per heavy atom. The summed E-state index contributed by atoms with van der Waals surface area (Å²) in [7, 11) is 3.71. The fraction of sp³-hybridized carbons (Fsp3) is 0.609. The minimum absolute atomic E-state index is 0.601. The van der Waals surface area contributed by atoms with Crippen molar-refractivity contribution in [1.29, 1.82) is 0 Å². The Morgan fingerprint density at radius 3 is 2.39 bits per heavy atom. The molecule has 5 heteroatoms. The van der Waals surface area contributed by atoms with Gasteiger partial charge in [-0.2, -0.15) is 0 Å². The molecule has 0 fully saturated rings. The predicted molar refractivity (Wildman–Crippen MR) is 118 cm³/mol. The maximum atomic E-state index is 6.05. The molecule has 0 radical (unpaired) electrons. The zero-order valence-electron chi connectivity index (χ0n) is 18.6. The van der Waals surface area contributed by atoms with Crippen LogP contribution in [-0.2, 0) is 4.84 Å². The third-order valence-electron chi connectivity index (χ3n) is 4.44. The van der Waals surface area contributed by atoms with E-state index in [9.17, 15) is 0 Å². The summed E-state index contributed by atoms with van der Waals surface area (Å²) in [6.07, 6.45) is 8.65. The minimum atomic E-state index is 0.601. The first-order valence-electron chi connectivity index (χ1n) is 10.2. The molecule has 28 heavy (non-hydrogen) atoms. The average molecular weight is 391 g/mol. The summed E-state index contributed by atoms with van der Waals surface area (Å²) in [5.41, 5.74) is 3.26. The van der Waals surface area contributed by atoms with Crippen LogP contribution in [0.15, 0.2) is 29.4 Å². The second-order valence-electron chi connectivity index (χ2n) is 7.28. The summed E-state index contributed by atoms with van der Waals surface area (Å²) in [5.74, 6) is 1.89. The van der Waals surface area contributed by atoms with Gasteiger partial charge in [0.1, 0.15) is 25.2 Å². The summed E-state index contributed by atoms with van der Waals surface area (Å²) in [6.45, 7) is 11.4. The van der Waals surface area contributed by atoms with E-state index >= 15 is 0 Å². The number of hydrogen-bond donors (Lipinski definition) is 0. The lowest BCUT2D eigenvalue weighted by Crippen LogP contribution is -2.25. The molecule has 1 rings (SSSR count). The molecule has 0 aliphatic heterocycles. The summed E-state index contributed by atoms with van der Waals surface area (Å²) < 4.78 is 11.8. The van der Waals surface area contributed by atoms with E-state index in [1.165, 1.54) is 19.3 Å². The van der Waals surface area contributed by atoms with Crippen LogP contribution >= 0.6 is 0 Å². The first-order chi connectivity index (χ1) is 13.5. The molecule has 1 aromatic carbocycles. The highest BCUT2D eigenvalue weighted by molar-refractivity contribution is 5.83. The molecule has 0 saturated carbocycles. The van der Waals surface area contributed by atoms with Gasteiger partial charge in [-0.25, -0.2) is 0 Å². The first-order valence-corrected chi connectivity index (χ1v) is 10.2. The Kier molecular flexibility index (Phi) is 12.1. The van der Waals surface area contributed by atoms with Crippen LogP contribution < -0.4 is 9.47 Å². The minimum Gasteiger partial charge on any atom is -0.493 e. The third kappa shape index (κ3) is 9.79. The molecule has 0 aliphatic carbocycles. The molecule has 0 atom stereocenters. The van der Waals surface area contributed by atoms with Crippen molar-refractivity contribution in [2.45, 2.75) is 53.4 Å². The fourth-order valence-electron chi connectivity index (χ4n) is 3.13. The molecule has 5 nitrogen and oxygen atoms in total. The lowest BCUT2D eigenvalue weighted by Gasteiger charge is -2.16. The maximum absolute atomic E-state index is 6.05. The number of ether oxygens (including phenoxy) is 2. The number of allylic oxidation sites excluding steroid dienone is 1. The standard InChI is InChI=1S/C23H38N2O3/c1-7-8-14-27-22-16-19(2)23(20(3)17-22)28-15-12-10-9-11-13-25(5)18-21(4)24-26-6/h7-8,16-17H,9-15,18H2,1-6H3/b8-7+,24-21?. The lowest BCUT2D eigenvalue weighted by atomic mass is 10.1. The van der Waals surface area contributed by atoms with Crippen LogP contribution in [0.1, 0.15) is 50.7 Å². The number of aryl methyl sites for hydroxylation is 2. The normalized spacial score (nSPS) is 12.0. The molecule has 158 valence electrons. The highest BCUT2D eigenvalue weighted by Crippen LogP contribution is 2.28. The number of nitrogens with zero attached hydrogens (tertiary/aromatic N) is 2. The summed E-state index contributed by atoms with van der Waals surface area (Å²) in [5, 5.41) is 3.95. The molecule has 0 heterocycles. The van der Waals surface area contributed by atoms with Gasteiger partial charge in [0.2, 0.25) is 0 Å². The Balaban J connectivity index is 2.25. The zero-order valence-corrected chi connectivity index (χ0v) is 18.6. The SMILES string of the molecule is C/C=C/COc1cc(C)c(OCCCCCCN(C)CC(C)=NOC)c(C)c1. The van der Waals surface area contributed by atoms with E-state index in [1.807, 2.05) is 26.0 Å². The quantitative estimate of drug-likeness (QED) is 0.191. The van der Waals surface area contributed by atoms with Crippen LogP contribution in [-0.4, -0.2) is 51.1 Å². The molecule has 0 N–H and O–H groups in total. The average Bonchev–Trinajstić information content (AvgIpc) is 2.63. The van der Waals surface area contributed by atoms with Crippen molar-refractivity contribution in [3.8, 4) is 11.5 Å². The largest absolute Gasteiger partial charge is 0.493 e. The van der Waals surface area contributed by atoms with Crippen molar-refractivity contribution in [3.63, 3.8) is 0 Å². The molecule has 0 aromatic heterocycles. The van der Waals surface area contributed by atoms with E-state index in [-0.39, 0.29) is 0 Å². The molecule has 0 saturated heterocycles. The summed E-state index contributed by atoms with van der Waals surface area (Å²) >= 11 is 0. The van der Waals surface area contributed by atoms with Crippen molar-refractivity contribution in [1.82, 2.24) is 4.90 Å². The smallest absolute Gasteiger partial charge is 0.125 e. The fourth-order valence-corrected chi connectivity index (χ4v) is 3.13. The number of benzene rings is 1. The molecular formula is C23H38N2O3. The topological polar surface area (TPSA) is 43.3 Å². The van der Waals surface area contributed by atoms with Gasteiger partial charge in [-0.15, -0.1) is 0 Å². The van der Waals surface area contributed by atoms with Crippen molar-refractivity contribution in [3.05, 3.63) is 35.4 Å². The summed E-state index contributed by atoms with van der Waals surface area (Å²) in [4.78, 5) is 7.07. The third-order valence-corrected chi connectivity index (χ3v) is 4.44. The van der Waals surface area contributed by atoms with Crippen molar-refractivity contribution >= 4 is 5.71 Å². The van der Waals surface area contributed by atoms with Crippen LogP contribution in [0.4, 0.5) is 0 Å². The van der Waals surface area contributed by atoms with Crippen LogP contribution in [0, 0.1) is 13.8 Å². The predicted octanol–water partition coefficient (Wildman–Crippen LogP) is 5.15. The zero-order chi connectivity index (χ0) is 20.8. The number of oxime groups is 1. The van der Waals surface area contributed by atoms with Gasteiger partial charge in [-0.05, 0) is 77.4 Å². The van der Waals surface area contributed by atoms with Gasteiger partial charge in [0.05, 0.1) is 12.3 Å². The molecule has 0 unspecified atom stereocenters. The van der Waals surface area contributed by atoms with Crippen LogP contribution in [0.2, 0.25) is 0 Å². The molecule has 0 amide bonds. The monoisotopic (exact) mass is 390 g/mol. The Hall–Kier alpha value is -2.01. The van der Waals surface area contributed by atoms with Crippen molar-refractivity contribution in [2.24, 2.45) is 5.16 Å². The van der Waals surface area contributed by atoms with Crippen LogP contribution in [0.5, 0.6) is 11.5 Å². The molecule has 0 spiro atoms. The number of rotatable bonds is 14. The summed E-state index contributed by atoms with van der Waals surface area (Å²) in [6, 6.07) is 4.10. The Bertz CT molecular complexity index is 603. The molecule has 0 aliphatic rings. The van der Waals surface area contributed by atoms with E-state index in [0.717, 1.165) is 54.5 Å². The van der Waals surface area contributed by atoms with Gasteiger partial charge in [0, 0.05) is 6.54 Å². The van der Waals surface area contributed by atoms with Gasteiger partial charge in [-0.3, -0.25) is 0 Å². The van der Waals surface area contributed by atoms with Crippen molar-refractivity contribution < 1.29 is 14.3 Å². The van der Waals surface area contributed by atoms with Gasteiger partial charge in [0.25, 0.3) is 0 Å². The second kappa shape index (κ2) is 14.1. The van der Waals surface area contributed by atoms with Crippen LogP contribution in [0.25, 0.3) is 0 Å². The Labute approximate surface area is 171 Å². The van der Waals surface area contributed by atoms with Gasteiger partial charge in [0.15, 0.2) is 0 Å². The highest BCUT2D eigenvalue weighted by atomic mass is 16.6. The van der Waals surface area contributed by atoms with Crippen molar-refractivity contribution in [2.75, 3.05) is 40.5 Å². The van der Waals surface area contributed by atoms with E-state index in [0.29, 0.717) is 6.61 Å². The van der Waals surface area contributed by atoms with E-state index < -0.39 is 0 Å². The second-order valence-corrected chi connectivity index (χ2v) is 7.28. The maximum Gasteiger partial charge on any atom is 0.125 e. The number of hydrogen-bond acceptors (Lipinski definition) is 5. The first kappa shape index (κ1) is 24.0.